The Bertz CT molecular complexity index is 159. The topological polar surface area (TPSA) is 55.1 Å². The van der Waals surface area contributed by atoms with Gasteiger partial charge < -0.3 is 4.79 Å². The molecule has 0 aromatic heterocycles. The van der Waals surface area contributed by atoms with Crippen LogP contribution in [0.2, 0.25) is 0 Å². The van der Waals surface area contributed by atoms with Gasteiger partial charge in [0.15, 0.2) is 0 Å². The Morgan fingerprint density at radius 1 is 1.50 bits per heavy atom. The van der Waals surface area contributed by atoms with Crippen LogP contribution in [-0.2, 0) is 4.79 Å². The smallest absolute Gasteiger partial charge is 0.126 e. The molecule has 2 bridgehead atoms. The molecule has 0 heterocycles. The predicted octanol–water partition coefficient (Wildman–Crippen LogP) is -0.181. The quantitative estimate of drug-likeness (QED) is 0.325. The van der Waals surface area contributed by atoms with Gasteiger partial charge in [-0.25, -0.2) is 0 Å². The van der Waals surface area contributed by atoms with Crippen LogP contribution in [0.25, 0.3) is 0 Å². The molecule has 0 aromatic rings. The number of aldehydes is 1. The van der Waals surface area contributed by atoms with E-state index in [2.05, 4.69) is 5.43 Å². The highest BCUT2D eigenvalue weighted by atomic mass is 16.1. The first kappa shape index (κ1) is 6.31. The summed E-state index contributed by atoms with van der Waals surface area (Å²) in [6.07, 6.45) is 4.31. The minimum absolute atomic E-state index is 0.0941. The van der Waals surface area contributed by atoms with E-state index in [4.69, 9.17) is 5.84 Å². The summed E-state index contributed by atoms with van der Waals surface area (Å²) in [5.74, 6) is 5.19. The van der Waals surface area contributed by atoms with Gasteiger partial charge in [0.1, 0.15) is 6.29 Å². The zero-order valence-corrected chi connectivity index (χ0v) is 5.89. The van der Waals surface area contributed by atoms with Crippen molar-refractivity contribution < 1.29 is 4.79 Å². The standard InChI is InChI=1S/C7H12N2O/c8-9-4-6-1-7(2-6,3-6)5-10/h5,9H,1-4,8H2. The van der Waals surface area contributed by atoms with E-state index < -0.39 is 0 Å². The molecule has 3 fully saturated rings. The minimum atomic E-state index is 0.0941. The first-order chi connectivity index (χ1) is 4.74. The lowest BCUT2D eigenvalue weighted by Crippen LogP contribution is -2.66. The van der Waals surface area contributed by atoms with E-state index in [9.17, 15) is 4.79 Å². The van der Waals surface area contributed by atoms with Crippen molar-refractivity contribution >= 4 is 6.29 Å². The van der Waals surface area contributed by atoms with Crippen LogP contribution >= 0.6 is 0 Å². The summed E-state index contributed by atoms with van der Waals surface area (Å²) in [4.78, 5) is 10.4. The summed E-state index contributed by atoms with van der Waals surface area (Å²) in [6.45, 7) is 0.878. The number of hydrazine groups is 1. The lowest BCUT2D eigenvalue weighted by Gasteiger charge is -2.68. The van der Waals surface area contributed by atoms with Crippen molar-refractivity contribution in [1.29, 1.82) is 0 Å². The number of hydrogen-bond donors (Lipinski definition) is 2. The Labute approximate surface area is 59.9 Å². The summed E-state index contributed by atoms with van der Waals surface area (Å²) < 4.78 is 0. The molecule has 3 aliphatic rings. The van der Waals surface area contributed by atoms with Crippen molar-refractivity contribution in [3.63, 3.8) is 0 Å². The van der Waals surface area contributed by atoms with Gasteiger partial charge in [0.05, 0.1) is 0 Å². The second-order valence-electron chi connectivity index (χ2n) is 3.89. The molecule has 3 nitrogen and oxygen atoms in total. The second-order valence-corrected chi connectivity index (χ2v) is 3.89. The zero-order chi connectivity index (χ0) is 7.24. The zero-order valence-electron chi connectivity index (χ0n) is 5.89. The van der Waals surface area contributed by atoms with Crippen LogP contribution in [0, 0.1) is 10.8 Å². The lowest BCUT2D eigenvalue weighted by atomic mass is 9.36. The van der Waals surface area contributed by atoms with E-state index in [1.54, 1.807) is 0 Å². The number of carbonyl (C=O) groups is 1. The molecule has 0 saturated heterocycles. The van der Waals surface area contributed by atoms with E-state index >= 15 is 0 Å². The lowest BCUT2D eigenvalue weighted by molar-refractivity contribution is -0.191. The highest BCUT2D eigenvalue weighted by Crippen LogP contribution is 2.71. The van der Waals surface area contributed by atoms with E-state index in [0.717, 1.165) is 32.1 Å². The number of nitrogens with one attached hydrogen (secondary N) is 1. The third kappa shape index (κ3) is 0.545. The van der Waals surface area contributed by atoms with Gasteiger partial charge in [0.25, 0.3) is 0 Å². The Balaban J connectivity index is 1.91. The average Bonchev–Trinajstić information content (AvgIpc) is 1.74. The van der Waals surface area contributed by atoms with E-state index in [1.807, 2.05) is 0 Å². The van der Waals surface area contributed by atoms with E-state index in [1.165, 1.54) is 0 Å². The maximum absolute atomic E-state index is 10.4. The van der Waals surface area contributed by atoms with E-state index in [-0.39, 0.29) is 5.41 Å². The van der Waals surface area contributed by atoms with E-state index in [0.29, 0.717) is 5.41 Å². The molecule has 3 heteroatoms. The summed E-state index contributed by atoms with van der Waals surface area (Å²) in [5.41, 5.74) is 3.18. The fourth-order valence-corrected chi connectivity index (χ4v) is 2.61. The van der Waals surface area contributed by atoms with Crippen molar-refractivity contribution in [2.75, 3.05) is 6.54 Å². The molecule has 3 N–H and O–H groups in total. The fourth-order valence-electron chi connectivity index (χ4n) is 2.61. The number of carbonyl (C=O) groups excluding carboxylic acids is 1. The molecule has 0 amide bonds. The van der Waals surface area contributed by atoms with Crippen molar-refractivity contribution in [1.82, 2.24) is 5.43 Å². The van der Waals surface area contributed by atoms with Crippen LogP contribution in [0.1, 0.15) is 19.3 Å². The normalized spacial score (nSPS) is 49.3. The summed E-state index contributed by atoms with van der Waals surface area (Å²) in [6, 6.07) is 0. The Morgan fingerprint density at radius 3 is 2.50 bits per heavy atom. The van der Waals surface area contributed by atoms with Gasteiger partial charge in [-0.05, 0) is 24.7 Å². The Morgan fingerprint density at radius 2 is 2.10 bits per heavy atom. The highest BCUT2D eigenvalue weighted by molar-refractivity contribution is 5.66. The molecular formula is C7H12N2O. The first-order valence-electron chi connectivity index (χ1n) is 3.64. The third-order valence-corrected chi connectivity index (χ3v) is 2.91. The molecule has 0 aromatic carbocycles. The number of nitrogens with two attached hydrogens (primary N) is 1. The SMILES string of the molecule is NNCC12CC(C=O)(C1)C2. The molecule has 0 spiro atoms. The molecule has 56 valence electrons. The molecule has 3 aliphatic carbocycles. The molecule has 0 unspecified atom stereocenters. The Kier molecular flexibility index (Phi) is 1.01. The van der Waals surface area contributed by atoms with Crippen molar-refractivity contribution in [3.05, 3.63) is 0 Å². The van der Waals surface area contributed by atoms with Crippen molar-refractivity contribution in [3.8, 4) is 0 Å². The van der Waals surface area contributed by atoms with Crippen LogP contribution < -0.4 is 11.3 Å². The average molecular weight is 140 g/mol. The molecular weight excluding hydrogens is 128 g/mol. The van der Waals surface area contributed by atoms with Gasteiger partial charge in [-0.2, -0.15) is 0 Å². The van der Waals surface area contributed by atoms with Gasteiger partial charge in [0, 0.05) is 12.0 Å². The summed E-state index contributed by atoms with van der Waals surface area (Å²) in [7, 11) is 0. The molecule has 0 radical (unpaired) electrons. The largest absolute Gasteiger partial charge is 0.303 e. The van der Waals surface area contributed by atoms with Gasteiger partial charge >= 0.3 is 0 Å². The van der Waals surface area contributed by atoms with Crippen molar-refractivity contribution in [2.45, 2.75) is 19.3 Å². The van der Waals surface area contributed by atoms with Crippen molar-refractivity contribution in [2.24, 2.45) is 16.7 Å². The molecule has 3 rings (SSSR count). The van der Waals surface area contributed by atoms with Crippen LogP contribution in [0.3, 0.4) is 0 Å². The van der Waals surface area contributed by atoms with Crippen LogP contribution in [0.4, 0.5) is 0 Å². The van der Waals surface area contributed by atoms with Gasteiger partial charge in [-0.3, -0.25) is 11.3 Å². The molecule has 10 heavy (non-hydrogen) atoms. The predicted molar refractivity (Wildman–Crippen MR) is 37.0 cm³/mol. The molecule has 3 saturated carbocycles. The second kappa shape index (κ2) is 1.60. The van der Waals surface area contributed by atoms with Gasteiger partial charge in [-0.1, -0.05) is 0 Å². The summed E-state index contributed by atoms with van der Waals surface area (Å²) in [5, 5.41) is 0. The fraction of sp³-hybridized carbons (Fsp3) is 0.857. The maximum Gasteiger partial charge on any atom is 0.126 e. The third-order valence-electron chi connectivity index (χ3n) is 2.91. The number of rotatable bonds is 3. The monoisotopic (exact) mass is 140 g/mol. The van der Waals surface area contributed by atoms with Crippen LogP contribution in [0.5, 0.6) is 0 Å². The Hall–Kier alpha value is -0.410. The maximum atomic E-state index is 10.4. The van der Waals surface area contributed by atoms with Gasteiger partial charge in [-0.15, -0.1) is 0 Å². The van der Waals surface area contributed by atoms with Crippen LogP contribution in [-0.4, -0.2) is 12.8 Å². The highest BCUT2D eigenvalue weighted by Gasteiger charge is 2.67. The van der Waals surface area contributed by atoms with Gasteiger partial charge in [0.2, 0.25) is 0 Å². The number of hydrogen-bond acceptors (Lipinski definition) is 3. The molecule has 0 atom stereocenters. The molecule has 0 aliphatic heterocycles. The minimum Gasteiger partial charge on any atom is -0.303 e. The first-order valence-corrected chi connectivity index (χ1v) is 3.64. The summed E-state index contributed by atoms with van der Waals surface area (Å²) >= 11 is 0. The van der Waals surface area contributed by atoms with Crippen LogP contribution in [0.15, 0.2) is 0 Å².